The van der Waals surface area contributed by atoms with E-state index < -0.39 is 11.9 Å². The van der Waals surface area contributed by atoms with Crippen molar-refractivity contribution in [3.8, 4) is 0 Å². The van der Waals surface area contributed by atoms with E-state index in [1.54, 1.807) is 7.05 Å². The lowest BCUT2D eigenvalue weighted by atomic mass is 9.91. The summed E-state index contributed by atoms with van der Waals surface area (Å²) in [5, 5.41) is 3.32. The quantitative estimate of drug-likeness (QED) is 0.736. The molecule has 7 heteroatoms. The predicted octanol–water partition coefficient (Wildman–Crippen LogP) is 3.82. The standard InChI is InChI=1S/C21H19BrN3O3/c1-12-6-4-5-7-15(12)23-18-16(13-8-10-14(22)11-9-13)17-19(26)24(2)21(27)25(3)20(17)28-18/h4-11,17,23H,1-3H3/q+1. The first-order chi connectivity index (χ1) is 13.4. The summed E-state index contributed by atoms with van der Waals surface area (Å²) in [6, 6.07) is 15.1. The van der Waals surface area contributed by atoms with Gasteiger partial charge in [0.1, 0.15) is 0 Å². The highest BCUT2D eigenvalue weighted by Gasteiger charge is 2.53. The number of anilines is 1. The lowest BCUT2D eigenvalue weighted by Gasteiger charge is -2.20. The van der Waals surface area contributed by atoms with E-state index in [4.69, 9.17) is 4.74 Å². The Bertz CT molecular complexity index is 1060. The normalized spacial score (nSPS) is 19.1. The Kier molecular flexibility index (Phi) is 4.55. The number of ether oxygens (including phenoxy) is 1. The van der Waals surface area contributed by atoms with Gasteiger partial charge in [-0.3, -0.25) is 0 Å². The molecule has 28 heavy (non-hydrogen) atoms. The summed E-state index contributed by atoms with van der Waals surface area (Å²) >= 11 is 3.44. The Labute approximate surface area is 171 Å². The molecule has 3 amide bonds. The molecule has 6 nitrogen and oxygen atoms in total. The molecule has 2 aromatic carbocycles. The number of benzene rings is 2. The predicted molar refractivity (Wildman–Crippen MR) is 110 cm³/mol. The van der Waals surface area contributed by atoms with Crippen LogP contribution in [0.5, 0.6) is 0 Å². The van der Waals surface area contributed by atoms with E-state index >= 15 is 0 Å². The second kappa shape index (κ2) is 6.91. The Morgan fingerprint density at radius 1 is 1.11 bits per heavy atom. The SMILES string of the molecule is Cc1ccccc1NC1=C(c2ccc(Br)cc2)C2C(=O)N(C)C(=O)[N+](C)=C2O1. The fraction of sp³-hybridized carbons (Fsp3) is 0.190. The van der Waals surface area contributed by atoms with Crippen molar-refractivity contribution in [2.75, 3.05) is 19.4 Å². The summed E-state index contributed by atoms with van der Waals surface area (Å²) in [7, 11) is 3.10. The number of fused-ring (bicyclic) bond motifs is 1. The average Bonchev–Trinajstić information content (AvgIpc) is 3.06. The lowest BCUT2D eigenvalue weighted by molar-refractivity contribution is -0.415. The maximum Gasteiger partial charge on any atom is 0.502 e. The van der Waals surface area contributed by atoms with Crippen molar-refractivity contribution < 1.29 is 18.9 Å². The summed E-state index contributed by atoms with van der Waals surface area (Å²) in [6.45, 7) is 1.99. The number of rotatable bonds is 3. The van der Waals surface area contributed by atoms with Crippen LogP contribution in [0.15, 0.2) is 58.9 Å². The summed E-state index contributed by atoms with van der Waals surface area (Å²) in [6.07, 6.45) is 0. The lowest BCUT2D eigenvalue weighted by Crippen LogP contribution is -2.51. The van der Waals surface area contributed by atoms with Crippen molar-refractivity contribution in [1.29, 1.82) is 0 Å². The van der Waals surface area contributed by atoms with Crippen LogP contribution in [0.4, 0.5) is 10.5 Å². The largest absolute Gasteiger partial charge is 0.502 e. The number of halogens is 1. The molecule has 0 fully saturated rings. The number of nitrogens with zero attached hydrogens (tertiary/aromatic N) is 2. The number of carbonyl (C=O) groups is 2. The van der Waals surface area contributed by atoms with Gasteiger partial charge in [-0.15, -0.1) is 0 Å². The Morgan fingerprint density at radius 3 is 2.46 bits per heavy atom. The summed E-state index contributed by atoms with van der Waals surface area (Å²) in [5.74, 6) is -0.208. The first-order valence-corrected chi connectivity index (χ1v) is 9.60. The first-order valence-electron chi connectivity index (χ1n) is 8.81. The minimum atomic E-state index is -0.680. The van der Waals surface area contributed by atoms with Gasteiger partial charge in [0.05, 0.1) is 14.1 Å². The molecule has 0 saturated heterocycles. The van der Waals surface area contributed by atoms with Crippen molar-refractivity contribution in [3.05, 3.63) is 70.0 Å². The third-order valence-electron chi connectivity index (χ3n) is 5.02. The fourth-order valence-corrected chi connectivity index (χ4v) is 3.69. The van der Waals surface area contributed by atoms with Gasteiger partial charge < -0.3 is 10.1 Å². The van der Waals surface area contributed by atoms with Crippen LogP contribution < -0.4 is 5.32 Å². The summed E-state index contributed by atoms with van der Waals surface area (Å²) < 4.78 is 8.38. The van der Waals surface area contributed by atoms with Gasteiger partial charge in [-0.1, -0.05) is 46.3 Å². The van der Waals surface area contributed by atoms with Crippen molar-refractivity contribution in [2.45, 2.75) is 6.92 Å². The molecule has 0 bridgehead atoms. The van der Waals surface area contributed by atoms with E-state index in [9.17, 15) is 9.59 Å². The third-order valence-corrected chi connectivity index (χ3v) is 5.55. The molecule has 4 rings (SSSR count). The number of urea groups is 1. The molecule has 2 aliphatic rings. The molecule has 1 atom stereocenters. The molecule has 2 heterocycles. The van der Waals surface area contributed by atoms with Crippen molar-refractivity contribution >= 4 is 45.0 Å². The highest BCUT2D eigenvalue weighted by Crippen LogP contribution is 2.39. The molecule has 2 aromatic rings. The van der Waals surface area contributed by atoms with E-state index in [2.05, 4.69) is 21.2 Å². The maximum atomic E-state index is 13.0. The topological polar surface area (TPSA) is 61.7 Å². The van der Waals surface area contributed by atoms with Crippen molar-refractivity contribution in [3.63, 3.8) is 0 Å². The minimum absolute atomic E-state index is 0.308. The van der Waals surface area contributed by atoms with Crippen LogP contribution in [0.25, 0.3) is 5.57 Å². The van der Waals surface area contributed by atoms with Crippen LogP contribution in [-0.2, 0) is 9.53 Å². The Morgan fingerprint density at radius 2 is 1.79 bits per heavy atom. The number of carbonyl (C=O) groups excluding carboxylic acids is 2. The number of nitrogens with one attached hydrogen (secondary N) is 1. The molecular formula is C21H19BrN3O3+. The van der Waals surface area contributed by atoms with E-state index in [1.807, 2.05) is 55.5 Å². The molecule has 0 aromatic heterocycles. The van der Waals surface area contributed by atoms with Crippen LogP contribution in [0.1, 0.15) is 11.1 Å². The number of hydrogen-bond donors (Lipinski definition) is 1. The van der Waals surface area contributed by atoms with E-state index in [1.165, 1.54) is 11.6 Å². The molecular weight excluding hydrogens is 422 g/mol. The van der Waals surface area contributed by atoms with Crippen molar-refractivity contribution in [2.24, 2.45) is 5.92 Å². The second-order valence-electron chi connectivity index (χ2n) is 6.80. The number of para-hydroxylation sites is 1. The van der Waals surface area contributed by atoms with Crippen LogP contribution in [0.3, 0.4) is 0 Å². The van der Waals surface area contributed by atoms with Crippen LogP contribution in [0, 0.1) is 12.8 Å². The smallest absolute Gasteiger partial charge is 0.408 e. The summed E-state index contributed by atoms with van der Waals surface area (Å²) in [5.41, 5.74) is 3.48. The van der Waals surface area contributed by atoms with Gasteiger partial charge in [0.2, 0.25) is 5.88 Å². The van der Waals surface area contributed by atoms with Gasteiger partial charge in [0.25, 0.3) is 5.90 Å². The molecule has 0 saturated carbocycles. The van der Waals surface area contributed by atoms with Gasteiger partial charge in [-0.05, 0) is 36.2 Å². The van der Waals surface area contributed by atoms with Gasteiger partial charge in [0.15, 0.2) is 5.92 Å². The highest BCUT2D eigenvalue weighted by molar-refractivity contribution is 9.10. The van der Waals surface area contributed by atoms with E-state index in [0.717, 1.165) is 26.2 Å². The molecule has 0 radical (unpaired) electrons. The number of amides is 3. The van der Waals surface area contributed by atoms with Crippen LogP contribution in [-0.4, -0.2) is 41.4 Å². The van der Waals surface area contributed by atoms with Crippen molar-refractivity contribution in [1.82, 2.24) is 4.90 Å². The van der Waals surface area contributed by atoms with Gasteiger partial charge in [-0.25, -0.2) is 4.79 Å². The molecule has 0 spiro atoms. The third kappa shape index (κ3) is 2.92. The average molecular weight is 441 g/mol. The van der Waals surface area contributed by atoms with Gasteiger partial charge in [0, 0.05) is 15.7 Å². The van der Waals surface area contributed by atoms with Crippen LogP contribution in [0.2, 0.25) is 0 Å². The fourth-order valence-electron chi connectivity index (χ4n) is 3.43. The molecule has 0 aliphatic carbocycles. The second-order valence-corrected chi connectivity index (χ2v) is 7.72. The zero-order valence-electron chi connectivity index (χ0n) is 15.7. The minimum Gasteiger partial charge on any atom is -0.408 e. The van der Waals surface area contributed by atoms with E-state index in [-0.39, 0.29) is 5.91 Å². The van der Waals surface area contributed by atoms with E-state index in [0.29, 0.717) is 17.4 Å². The molecule has 2 aliphatic heterocycles. The number of hydrogen-bond acceptors (Lipinski definition) is 4. The Balaban J connectivity index is 1.89. The highest BCUT2D eigenvalue weighted by atomic mass is 79.9. The number of imide groups is 1. The van der Waals surface area contributed by atoms with Gasteiger partial charge >= 0.3 is 11.9 Å². The monoisotopic (exact) mass is 440 g/mol. The zero-order chi connectivity index (χ0) is 20.0. The zero-order valence-corrected chi connectivity index (χ0v) is 17.3. The number of aryl methyl sites for hydroxylation is 1. The van der Waals surface area contributed by atoms with Crippen LogP contribution >= 0.6 is 15.9 Å². The molecule has 142 valence electrons. The molecule has 1 unspecified atom stereocenters. The Hall–Kier alpha value is -2.93. The first kappa shape index (κ1) is 18.4. The van der Waals surface area contributed by atoms with Gasteiger partial charge in [-0.2, -0.15) is 14.3 Å². The molecule has 1 N–H and O–H groups in total. The summed E-state index contributed by atoms with van der Waals surface area (Å²) in [4.78, 5) is 26.5. The maximum absolute atomic E-state index is 13.0.